The van der Waals surface area contributed by atoms with E-state index in [1.165, 1.54) is 6.92 Å². The third-order valence-corrected chi connectivity index (χ3v) is 3.80. The Balaban J connectivity index is 0.00000900. The minimum atomic E-state index is -0.551. The standard InChI is InChI=1S/C22H37N5O3.HI/c1-8-23-19(25-15-22(6,7)27-20(29)30-21(3,4)5)24-14-13-17-9-11-18(12-10-17)26-16(2)28;/h9-12H,8,13-15H2,1-7H3,(H,26,28)(H,27,29)(H2,23,24,25);1H. The predicted molar refractivity (Wildman–Crippen MR) is 137 cm³/mol. The Kier molecular flexibility index (Phi) is 12.5. The molecule has 176 valence electrons. The summed E-state index contributed by atoms with van der Waals surface area (Å²) in [6.45, 7) is 14.6. The van der Waals surface area contributed by atoms with Crippen LogP contribution in [0.4, 0.5) is 10.5 Å². The number of ether oxygens (including phenoxy) is 1. The van der Waals surface area contributed by atoms with Crippen LogP contribution in [0.25, 0.3) is 0 Å². The first-order chi connectivity index (χ1) is 13.9. The molecule has 8 nitrogen and oxygen atoms in total. The average molecular weight is 547 g/mol. The van der Waals surface area contributed by atoms with Crippen LogP contribution in [0.3, 0.4) is 0 Å². The maximum absolute atomic E-state index is 12.0. The van der Waals surface area contributed by atoms with Crippen molar-refractivity contribution in [2.75, 3.05) is 25.0 Å². The number of nitrogens with zero attached hydrogens (tertiary/aromatic N) is 1. The molecule has 0 aliphatic heterocycles. The smallest absolute Gasteiger partial charge is 0.408 e. The van der Waals surface area contributed by atoms with Crippen molar-refractivity contribution >= 4 is 47.6 Å². The number of hydrogen-bond acceptors (Lipinski definition) is 4. The van der Waals surface area contributed by atoms with E-state index >= 15 is 0 Å². The first kappa shape index (κ1) is 29.0. The summed E-state index contributed by atoms with van der Waals surface area (Å²) in [5.74, 6) is 0.603. The summed E-state index contributed by atoms with van der Waals surface area (Å²) < 4.78 is 5.32. The highest BCUT2D eigenvalue weighted by molar-refractivity contribution is 14.0. The quantitative estimate of drug-likeness (QED) is 0.226. The number of rotatable bonds is 8. The molecule has 0 fully saturated rings. The topological polar surface area (TPSA) is 104 Å². The maximum Gasteiger partial charge on any atom is 0.408 e. The van der Waals surface area contributed by atoms with Crippen LogP contribution in [0.15, 0.2) is 29.3 Å². The molecule has 2 amide bonds. The fourth-order valence-electron chi connectivity index (χ4n) is 2.52. The zero-order valence-electron chi connectivity index (χ0n) is 19.7. The van der Waals surface area contributed by atoms with Gasteiger partial charge in [0.15, 0.2) is 5.96 Å². The van der Waals surface area contributed by atoms with Crippen molar-refractivity contribution in [1.29, 1.82) is 0 Å². The Labute approximate surface area is 203 Å². The Morgan fingerprint density at radius 1 is 1.03 bits per heavy atom. The van der Waals surface area contributed by atoms with Crippen LogP contribution < -0.4 is 21.3 Å². The van der Waals surface area contributed by atoms with Crippen molar-refractivity contribution in [1.82, 2.24) is 16.0 Å². The van der Waals surface area contributed by atoms with Gasteiger partial charge in [0.1, 0.15) is 5.60 Å². The van der Waals surface area contributed by atoms with E-state index in [9.17, 15) is 9.59 Å². The summed E-state index contributed by atoms with van der Waals surface area (Å²) in [6.07, 6.45) is 0.355. The van der Waals surface area contributed by atoms with Gasteiger partial charge in [-0.05, 0) is 65.7 Å². The van der Waals surface area contributed by atoms with E-state index in [0.717, 1.165) is 24.2 Å². The van der Waals surface area contributed by atoms with Crippen molar-refractivity contribution in [3.63, 3.8) is 0 Å². The minimum absolute atomic E-state index is 0. The molecular formula is C22H38IN5O3. The minimum Gasteiger partial charge on any atom is -0.444 e. The number of carbonyl (C=O) groups is 2. The van der Waals surface area contributed by atoms with Crippen LogP contribution in [0.2, 0.25) is 0 Å². The van der Waals surface area contributed by atoms with Gasteiger partial charge in [0, 0.05) is 25.7 Å². The lowest BCUT2D eigenvalue weighted by Crippen LogP contribution is -2.49. The molecule has 0 unspecified atom stereocenters. The van der Waals surface area contributed by atoms with Gasteiger partial charge >= 0.3 is 6.09 Å². The Morgan fingerprint density at radius 2 is 1.65 bits per heavy atom. The Hall–Kier alpha value is -2.04. The first-order valence-electron chi connectivity index (χ1n) is 10.3. The zero-order chi connectivity index (χ0) is 22.8. The average Bonchev–Trinajstić information content (AvgIpc) is 2.58. The molecule has 0 bridgehead atoms. The SMILES string of the molecule is CCNC(=NCC(C)(C)NC(=O)OC(C)(C)C)NCCc1ccc(NC(C)=O)cc1.I. The van der Waals surface area contributed by atoms with Gasteiger partial charge in [-0.3, -0.25) is 9.79 Å². The Bertz CT molecular complexity index is 728. The second kappa shape index (κ2) is 13.4. The fraction of sp³-hybridized carbons (Fsp3) is 0.591. The molecular weight excluding hydrogens is 509 g/mol. The monoisotopic (exact) mass is 547 g/mol. The van der Waals surface area contributed by atoms with Gasteiger partial charge in [0.25, 0.3) is 0 Å². The van der Waals surface area contributed by atoms with Crippen LogP contribution in [-0.2, 0) is 16.0 Å². The van der Waals surface area contributed by atoms with E-state index in [1.54, 1.807) is 0 Å². The lowest BCUT2D eigenvalue weighted by molar-refractivity contribution is -0.114. The number of nitrogens with one attached hydrogen (secondary N) is 4. The van der Waals surface area contributed by atoms with Crippen LogP contribution in [0.1, 0.15) is 54.0 Å². The molecule has 0 atom stereocenters. The van der Waals surface area contributed by atoms with Gasteiger partial charge < -0.3 is 26.0 Å². The maximum atomic E-state index is 12.0. The molecule has 0 aliphatic rings. The van der Waals surface area contributed by atoms with Crippen molar-refractivity contribution in [2.45, 2.75) is 66.0 Å². The van der Waals surface area contributed by atoms with Crippen LogP contribution >= 0.6 is 24.0 Å². The van der Waals surface area contributed by atoms with E-state index in [1.807, 2.05) is 65.8 Å². The number of hydrogen-bond donors (Lipinski definition) is 4. The zero-order valence-corrected chi connectivity index (χ0v) is 22.0. The highest BCUT2D eigenvalue weighted by Crippen LogP contribution is 2.11. The summed E-state index contributed by atoms with van der Waals surface area (Å²) in [5.41, 5.74) is 0.845. The summed E-state index contributed by atoms with van der Waals surface area (Å²) in [7, 11) is 0. The van der Waals surface area contributed by atoms with E-state index in [-0.39, 0.29) is 29.9 Å². The van der Waals surface area contributed by atoms with Crippen molar-refractivity contribution in [3.05, 3.63) is 29.8 Å². The number of halogens is 1. The molecule has 0 saturated carbocycles. The largest absolute Gasteiger partial charge is 0.444 e. The van der Waals surface area contributed by atoms with Gasteiger partial charge in [0.2, 0.25) is 5.91 Å². The Morgan fingerprint density at radius 3 is 2.16 bits per heavy atom. The van der Waals surface area contributed by atoms with Gasteiger partial charge in [-0.15, -0.1) is 24.0 Å². The van der Waals surface area contributed by atoms with Crippen molar-refractivity contribution in [2.24, 2.45) is 4.99 Å². The number of benzene rings is 1. The number of guanidine groups is 1. The van der Waals surface area contributed by atoms with Crippen LogP contribution in [0, 0.1) is 0 Å². The second-order valence-electron chi connectivity index (χ2n) is 8.76. The normalized spacial score (nSPS) is 11.8. The molecule has 1 aromatic carbocycles. The number of anilines is 1. The molecule has 0 radical (unpaired) electrons. The third kappa shape index (κ3) is 13.8. The first-order valence-corrected chi connectivity index (χ1v) is 10.3. The van der Waals surface area contributed by atoms with Gasteiger partial charge in [-0.25, -0.2) is 4.79 Å². The van der Waals surface area contributed by atoms with E-state index < -0.39 is 17.2 Å². The summed E-state index contributed by atoms with van der Waals surface area (Å²) in [5, 5.41) is 12.1. The molecule has 0 saturated heterocycles. The lowest BCUT2D eigenvalue weighted by atomic mass is 10.1. The number of alkyl carbamates (subject to hydrolysis) is 1. The second-order valence-corrected chi connectivity index (χ2v) is 8.76. The molecule has 9 heteroatoms. The molecule has 0 spiro atoms. The molecule has 31 heavy (non-hydrogen) atoms. The summed E-state index contributed by atoms with van der Waals surface area (Å²) >= 11 is 0. The lowest BCUT2D eigenvalue weighted by Gasteiger charge is -2.27. The van der Waals surface area contributed by atoms with Crippen LogP contribution in [0.5, 0.6) is 0 Å². The molecule has 1 aromatic rings. The summed E-state index contributed by atoms with van der Waals surface area (Å²) in [6, 6.07) is 7.76. The molecule has 0 aliphatic carbocycles. The molecule has 4 N–H and O–H groups in total. The fourth-order valence-corrected chi connectivity index (χ4v) is 2.52. The molecule has 0 aromatic heterocycles. The summed E-state index contributed by atoms with van der Waals surface area (Å²) in [4.78, 5) is 27.7. The highest BCUT2D eigenvalue weighted by atomic mass is 127. The third-order valence-electron chi connectivity index (χ3n) is 3.80. The van der Waals surface area contributed by atoms with E-state index in [0.29, 0.717) is 19.0 Å². The van der Waals surface area contributed by atoms with Crippen molar-refractivity contribution in [3.8, 4) is 0 Å². The van der Waals surface area contributed by atoms with Gasteiger partial charge in [-0.1, -0.05) is 12.1 Å². The van der Waals surface area contributed by atoms with E-state index in [2.05, 4.69) is 26.3 Å². The van der Waals surface area contributed by atoms with Crippen LogP contribution in [-0.4, -0.2) is 48.7 Å². The highest BCUT2D eigenvalue weighted by Gasteiger charge is 2.24. The van der Waals surface area contributed by atoms with Crippen molar-refractivity contribution < 1.29 is 14.3 Å². The number of aliphatic imine (C=N–C) groups is 1. The van der Waals surface area contributed by atoms with Gasteiger partial charge in [0.05, 0.1) is 12.1 Å². The number of carbonyl (C=O) groups excluding carboxylic acids is 2. The number of amides is 2. The van der Waals surface area contributed by atoms with Gasteiger partial charge in [-0.2, -0.15) is 0 Å². The van der Waals surface area contributed by atoms with E-state index in [4.69, 9.17) is 4.74 Å². The molecule has 0 heterocycles. The predicted octanol–water partition coefficient (Wildman–Crippen LogP) is 3.66. The molecule has 1 rings (SSSR count).